The minimum absolute atomic E-state index is 0.0620. The number of nitrogens with one attached hydrogen (secondary N) is 3. The summed E-state index contributed by atoms with van der Waals surface area (Å²) in [6, 6.07) is -5.09. The maximum Gasteiger partial charge on any atom is 0.326 e. The summed E-state index contributed by atoms with van der Waals surface area (Å²) in [7, 11) is 0. The van der Waals surface area contributed by atoms with E-state index in [2.05, 4.69) is 16.0 Å². The highest BCUT2D eigenvalue weighted by atomic mass is 16.4. The monoisotopic (exact) mass is 502 g/mol. The first-order valence-electron chi connectivity index (χ1n) is 11.4. The number of unbranched alkanes of at least 4 members (excludes halogenated alkanes) is 1. The van der Waals surface area contributed by atoms with E-state index in [-0.39, 0.29) is 31.6 Å². The van der Waals surface area contributed by atoms with Crippen molar-refractivity contribution in [1.29, 1.82) is 0 Å². The molecule has 0 aromatic carbocycles. The average molecular weight is 503 g/mol. The van der Waals surface area contributed by atoms with Gasteiger partial charge in [-0.05, 0) is 44.6 Å². The Morgan fingerprint density at radius 3 is 1.83 bits per heavy atom. The predicted octanol–water partition coefficient (Wildman–Crippen LogP) is -2.23. The minimum atomic E-state index is -1.48. The Labute approximate surface area is 203 Å². The molecule has 0 saturated carbocycles. The van der Waals surface area contributed by atoms with E-state index in [1.165, 1.54) is 0 Å². The molecule has 0 aliphatic carbocycles. The largest absolute Gasteiger partial charge is 0.481 e. The van der Waals surface area contributed by atoms with Crippen LogP contribution in [0, 0.1) is 5.92 Å². The molecule has 11 N–H and O–H groups in total. The van der Waals surface area contributed by atoms with Crippen molar-refractivity contribution in [2.45, 2.75) is 83.0 Å². The first-order chi connectivity index (χ1) is 16.3. The molecule has 0 spiro atoms. The number of nitrogens with two attached hydrogens (primary N) is 3. The number of hydrogen-bond acceptors (Lipinski definition) is 8. The zero-order valence-corrected chi connectivity index (χ0v) is 20.1. The highest BCUT2D eigenvalue weighted by Gasteiger charge is 2.31. The van der Waals surface area contributed by atoms with Crippen molar-refractivity contribution in [2.75, 3.05) is 6.54 Å². The molecule has 0 fully saturated rings. The fourth-order valence-corrected chi connectivity index (χ4v) is 3.10. The molecule has 0 saturated heterocycles. The van der Waals surface area contributed by atoms with Gasteiger partial charge in [0, 0.05) is 6.42 Å². The summed E-state index contributed by atoms with van der Waals surface area (Å²) in [4.78, 5) is 71.7. The maximum absolute atomic E-state index is 12.9. The van der Waals surface area contributed by atoms with E-state index >= 15 is 0 Å². The molecule has 4 unspecified atom stereocenters. The summed E-state index contributed by atoms with van der Waals surface area (Å²) in [6.45, 7) is 3.86. The van der Waals surface area contributed by atoms with Gasteiger partial charge in [0.2, 0.25) is 23.6 Å². The van der Waals surface area contributed by atoms with Crippen LogP contribution in [0.5, 0.6) is 0 Å². The van der Waals surface area contributed by atoms with E-state index in [1.54, 1.807) is 13.8 Å². The number of rotatable bonds is 18. The molecule has 14 nitrogen and oxygen atoms in total. The SMILES string of the molecule is CC(C)CC(NC(=O)C(CC(N)=O)NC(=O)C(CCCCN)NC(=O)C(N)CCC(=O)O)C(=O)O. The fourth-order valence-electron chi connectivity index (χ4n) is 3.10. The quantitative estimate of drug-likeness (QED) is 0.0935. The van der Waals surface area contributed by atoms with E-state index in [0.717, 1.165) is 0 Å². The predicted molar refractivity (Wildman–Crippen MR) is 124 cm³/mol. The normalized spacial score (nSPS) is 14.3. The number of amides is 4. The molecule has 0 radical (unpaired) electrons. The van der Waals surface area contributed by atoms with Gasteiger partial charge in [-0.3, -0.25) is 24.0 Å². The van der Waals surface area contributed by atoms with Crippen LogP contribution in [0.3, 0.4) is 0 Å². The Hall–Kier alpha value is -3.26. The standard InChI is InChI=1S/C21H38N6O8/c1-11(2)9-15(21(34)35)27-20(33)14(10-16(24)28)26-19(32)13(5-3-4-8-22)25-18(31)12(23)6-7-17(29)30/h11-15H,3-10,22-23H2,1-2H3,(H2,24,28)(H,25,31)(H,26,32)(H,27,33)(H,29,30)(H,34,35). The van der Waals surface area contributed by atoms with Crippen LogP contribution >= 0.6 is 0 Å². The highest BCUT2D eigenvalue weighted by molar-refractivity contribution is 5.96. The van der Waals surface area contributed by atoms with Gasteiger partial charge in [0.05, 0.1) is 12.5 Å². The highest BCUT2D eigenvalue weighted by Crippen LogP contribution is 2.07. The molecule has 0 rings (SSSR count). The summed E-state index contributed by atoms with van der Waals surface area (Å²) in [5.74, 6) is -5.90. The molecule has 0 aromatic heterocycles. The van der Waals surface area contributed by atoms with E-state index in [0.29, 0.717) is 19.4 Å². The Morgan fingerprint density at radius 2 is 1.34 bits per heavy atom. The molecule has 200 valence electrons. The first kappa shape index (κ1) is 31.7. The number of carbonyl (C=O) groups excluding carboxylic acids is 4. The molecular weight excluding hydrogens is 464 g/mol. The van der Waals surface area contributed by atoms with Crippen molar-refractivity contribution in [1.82, 2.24) is 16.0 Å². The van der Waals surface area contributed by atoms with Gasteiger partial charge in [-0.1, -0.05) is 13.8 Å². The molecule has 0 aliphatic rings. The Balaban J connectivity index is 5.51. The van der Waals surface area contributed by atoms with Crippen molar-refractivity contribution in [3.8, 4) is 0 Å². The number of hydrogen-bond donors (Lipinski definition) is 8. The van der Waals surface area contributed by atoms with E-state index in [1.807, 2.05) is 0 Å². The molecule has 0 bridgehead atoms. The summed E-state index contributed by atoms with van der Waals surface area (Å²) in [5, 5.41) is 25.2. The number of carboxylic acid groups (broad SMARTS) is 2. The van der Waals surface area contributed by atoms with E-state index < -0.39 is 66.2 Å². The van der Waals surface area contributed by atoms with Gasteiger partial charge in [0.25, 0.3) is 0 Å². The number of aliphatic carboxylic acids is 2. The average Bonchev–Trinajstić information content (AvgIpc) is 2.74. The van der Waals surface area contributed by atoms with Crippen molar-refractivity contribution in [3.05, 3.63) is 0 Å². The molecule has 35 heavy (non-hydrogen) atoms. The van der Waals surface area contributed by atoms with E-state index in [9.17, 15) is 33.9 Å². The second-order valence-electron chi connectivity index (χ2n) is 8.65. The van der Waals surface area contributed by atoms with Crippen LogP contribution in [0.1, 0.15) is 58.8 Å². The molecule has 4 atom stereocenters. The Bertz CT molecular complexity index is 760. The number of carboxylic acids is 2. The van der Waals surface area contributed by atoms with Crippen LogP contribution in [-0.4, -0.2) is 76.5 Å². The lowest BCUT2D eigenvalue weighted by atomic mass is 10.0. The Kier molecular flexibility index (Phi) is 14.9. The zero-order chi connectivity index (χ0) is 27.1. The van der Waals surface area contributed by atoms with Gasteiger partial charge in [-0.25, -0.2) is 4.79 Å². The zero-order valence-electron chi connectivity index (χ0n) is 20.1. The molecule has 4 amide bonds. The van der Waals surface area contributed by atoms with Gasteiger partial charge < -0.3 is 43.4 Å². The van der Waals surface area contributed by atoms with Crippen LogP contribution in [0.4, 0.5) is 0 Å². The van der Waals surface area contributed by atoms with E-state index in [4.69, 9.17) is 22.3 Å². The smallest absolute Gasteiger partial charge is 0.326 e. The lowest BCUT2D eigenvalue weighted by Crippen LogP contribution is -2.57. The molecular formula is C21H38N6O8. The van der Waals surface area contributed by atoms with Gasteiger partial charge >= 0.3 is 11.9 Å². The minimum Gasteiger partial charge on any atom is -0.481 e. The molecule has 14 heteroatoms. The third kappa shape index (κ3) is 13.9. The van der Waals surface area contributed by atoms with Crippen LogP contribution in [-0.2, 0) is 28.8 Å². The summed E-state index contributed by atoms with van der Waals surface area (Å²) in [5.41, 5.74) is 16.4. The molecule has 0 aliphatic heterocycles. The first-order valence-corrected chi connectivity index (χ1v) is 11.4. The van der Waals surface area contributed by atoms with Crippen LogP contribution in [0.25, 0.3) is 0 Å². The van der Waals surface area contributed by atoms with Crippen LogP contribution in [0.2, 0.25) is 0 Å². The van der Waals surface area contributed by atoms with Crippen molar-refractivity contribution < 1.29 is 39.0 Å². The maximum atomic E-state index is 12.9. The summed E-state index contributed by atoms with van der Waals surface area (Å²) >= 11 is 0. The Morgan fingerprint density at radius 1 is 0.800 bits per heavy atom. The third-order valence-electron chi connectivity index (χ3n) is 4.95. The summed E-state index contributed by atoms with van der Waals surface area (Å²) in [6.07, 6.45) is 0.0960. The fraction of sp³-hybridized carbons (Fsp3) is 0.714. The lowest BCUT2D eigenvalue weighted by Gasteiger charge is -2.25. The number of primary amides is 1. The van der Waals surface area contributed by atoms with Gasteiger partial charge in [0.15, 0.2) is 0 Å². The topological polar surface area (TPSA) is 257 Å². The van der Waals surface area contributed by atoms with Crippen molar-refractivity contribution in [2.24, 2.45) is 23.1 Å². The second kappa shape index (κ2) is 16.4. The molecule has 0 aromatic rings. The lowest BCUT2D eigenvalue weighted by molar-refractivity contribution is -0.143. The molecule has 0 heterocycles. The number of carbonyl (C=O) groups is 6. The van der Waals surface area contributed by atoms with Crippen LogP contribution < -0.4 is 33.2 Å². The second-order valence-corrected chi connectivity index (χ2v) is 8.65. The van der Waals surface area contributed by atoms with Gasteiger partial charge in [0.1, 0.15) is 18.1 Å². The van der Waals surface area contributed by atoms with Crippen molar-refractivity contribution >= 4 is 35.6 Å². The van der Waals surface area contributed by atoms with Gasteiger partial charge in [-0.2, -0.15) is 0 Å². The van der Waals surface area contributed by atoms with Crippen LogP contribution in [0.15, 0.2) is 0 Å². The van der Waals surface area contributed by atoms with Gasteiger partial charge in [-0.15, -0.1) is 0 Å². The summed E-state index contributed by atoms with van der Waals surface area (Å²) < 4.78 is 0. The third-order valence-corrected chi connectivity index (χ3v) is 4.95. The van der Waals surface area contributed by atoms with Crippen molar-refractivity contribution in [3.63, 3.8) is 0 Å².